The van der Waals surface area contributed by atoms with Crippen molar-refractivity contribution in [3.63, 3.8) is 0 Å². The van der Waals surface area contributed by atoms with Gasteiger partial charge in [-0.05, 0) is 33.5 Å². The molecule has 0 bridgehead atoms. The van der Waals surface area contributed by atoms with Gasteiger partial charge in [0.1, 0.15) is 0 Å². The van der Waals surface area contributed by atoms with Crippen molar-refractivity contribution in [1.29, 1.82) is 0 Å². The molecule has 0 N–H and O–H groups in total. The molecular formula is C39H25IrN3-2. The van der Waals surface area contributed by atoms with Crippen LogP contribution in [0.5, 0.6) is 0 Å². The van der Waals surface area contributed by atoms with Crippen molar-refractivity contribution >= 4 is 32.4 Å². The molecule has 1 radical (unpaired) electrons. The smallest absolute Gasteiger partial charge is 0.0763 e. The Hall–Kier alpha value is -5.02. The average Bonchev–Trinajstić information content (AvgIpc) is 3.09. The first-order valence-corrected chi connectivity index (χ1v) is 13.9. The van der Waals surface area contributed by atoms with Crippen LogP contribution in [0.15, 0.2) is 152 Å². The minimum Gasteiger partial charge on any atom is -0.304 e. The van der Waals surface area contributed by atoms with Crippen LogP contribution in [0.4, 0.5) is 0 Å². The van der Waals surface area contributed by atoms with Gasteiger partial charge in [-0.3, -0.25) is 9.97 Å². The molecule has 0 amide bonds. The van der Waals surface area contributed by atoms with Gasteiger partial charge in [-0.25, -0.2) is 0 Å². The second kappa shape index (κ2) is 12.9. The fourth-order valence-electron chi connectivity index (χ4n) is 5.21. The van der Waals surface area contributed by atoms with Crippen molar-refractivity contribution in [3.05, 3.63) is 164 Å². The van der Waals surface area contributed by atoms with Crippen LogP contribution in [0.1, 0.15) is 0 Å². The number of pyridine rings is 1. The molecule has 3 nitrogen and oxygen atoms in total. The first-order chi connectivity index (χ1) is 20.8. The average molecular weight is 728 g/mol. The summed E-state index contributed by atoms with van der Waals surface area (Å²) in [6, 6.07) is 55.4. The molecule has 0 unspecified atom stereocenters. The van der Waals surface area contributed by atoms with Crippen molar-refractivity contribution in [3.8, 4) is 33.9 Å². The van der Waals surface area contributed by atoms with Crippen LogP contribution in [0.25, 0.3) is 66.4 Å². The van der Waals surface area contributed by atoms with Crippen molar-refractivity contribution < 1.29 is 20.1 Å². The van der Waals surface area contributed by atoms with Crippen molar-refractivity contribution in [1.82, 2.24) is 15.0 Å². The molecule has 0 fully saturated rings. The van der Waals surface area contributed by atoms with Crippen LogP contribution in [0, 0.1) is 12.1 Å². The largest absolute Gasteiger partial charge is 0.304 e. The maximum Gasteiger partial charge on any atom is 0.0763 e. The molecule has 0 atom stereocenters. The standard InChI is InChI=1S/C24H15N2.C15H10N.Ir/c1-3-10-18(11-4-1)22-21-16-15-17-9-7-8-14-20(17)23(21)26-24(25-22)19-12-5-2-6-13-19;1-2-7-13(8-3-1)15-14-9-5-4-6-12(14)10-11-16-15;/h1-12,14-16H;1-7,9-11H;/q2*-1;. The van der Waals surface area contributed by atoms with E-state index in [4.69, 9.17) is 9.97 Å². The maximum atomic E-state index is 4.92. The Labute approximate surface area is 264 Å². The molecule has 0 spiro atoms. The van der Waals surface area contributed by atoms with E-state index in [2.05, 4.69) is 77.8 Å². The van der Waals surface area contributed by atoms with Crippen LogP contribution in [-0.4, -0.2) is 15.0 Å². The van der Waals surface area contributed by atoms with Crippen molar-refractivity contribution in [2.24, 2.45) is 0 Å². The number of nitrogens with zero attached hydrogens (tertiary/aromatic N) is 3. The predicted octanol–water partition coefficient (Wildman–Crippen LogP) is 9.62. The van der Waals surface area contributed by atoms with E-state index in [1.54, 1.807) is 0 Å². The van der Waals surface area contributed by atoms with Crippen molar-refractivity contribution in [2.75, 3.05) is 0 Å². The van der Waals surface area contributed by atoms with E-state index in [9.17, 15) is 0 Å². The van der Waals surface area contributed by atoms with E-state index in [0.29, 0.717) is 5.82 Å². The molecule has 0 aliphatic heterocycles. The van der Waals surface area contributed by atoms with E-state index >= 15 is 0 Å². The van der Waals surface area contributed by atoms with E-state index in [1.807, 2.05) is 91.1 Å². The summed E-state index contributed by atoms with van der Waals surface area (Å²) >= 11 is 0. The molecule has 6 aromatic carbocycles. The third-order valence-corrected chi connectivity index (χ3v) is 7.23. The van der Waals surface area contributed by atoms with E-state index < -0.39 is 0 Å². The minimum atomic E-state index is 0. The van der Waals surface area contributed by atoms with Crippen LogP contribution < -0.4 is 0 Å². The molecular weight excluding hydrogens is 703 g/mol. The summed E-state index contributed by atoms with van der Waals surface area (Å²) in [5.41, 5.74) is 5.96. The van der Waals surface area contributed by atoms with E-state index in [-0.39, 0.29) is 20.1 Å². The Bertz CT molecular complexity index is 2130. The molecule has 0 aliphatic rings. The Morgan fingerprint density at radius 1 is 0.442 bits per heavy atom. The van der Waals surface area contributed by atoms with Gasteiger partial charge < -0.3 is 4.98 Å². The minimum absolute atomic E-state index is 0. The first kappa shape index (κ1) is 28.1. The predicted molar refractivity (Wildman–Crippen MR) is 173 cm³/mol. The number of rotatable bonds is 3. The zero-order valence-corrected chi connectivity index (χ0v) is 25.5. The summed E-state index contributed by atoms with van der Waals surface area (Å²) in [4.78, 5) is 14.3. The van der Waals surface area contributed by atoms with Gasteiger partial charge in [-0.2, -0.15) is 0 Å². The fourth-order valence-corrected chi connectivity index (χ4v) is 5.21. The van der Waals surface area contributed by atoms with Crippen LogP contribution in [-0.2, 0) is 20.1 Å². The molecule has 8 aromatic rings. The quantitative estimate of drug-likeness (QED) is 0.135. The van der Waals surface area contributed by atoms with Gasteiger partial charge in [0.05, 0.1) is 17.0 Å². The van der Waals surface area contributed by atoms with Gasteiger partial charge in [0, 0.05) is 37.1 Å². The summed E-state index contributed by atoms with van der Waals surface area (Å²) in [6.45, 7) is 0. The topological polar surface area (TPSA) is 38.7 Å². The van der Waals surface area contributed by atoms with E-state index in [0.717, 1.165) is 44.4 Å². The zero-order valence-electron chi connectivity index (χ0n) is 23.1. The number of aromatic nitrogens is 3. The number of hydrogen-bond acceptors (Lipinski definition) is 3. The zero-order chi connectivity index (χ0) is 28.1. The maximum absolute atomic E-state index is 4.92. The second-order valence-electron chi connectivity index (χ2n) is 9.88. The molecule has 0 saturated heterocycles. The molecule has 43 heavy (non-hydrogen) atoms. The van der Waals surface area contributed by atoms with Gasteiger partial charge in [-0.15, -0.1) is 71.8 Å². The fraction of sp³-hybridized carbons (Fsp3) is 0. The van der Waals surface area contributed by atoms with E-state index in [1.165, 1.54) is 16.2 Å². The Kier molecular flexibility index (Phi) is 8.42. The number of hydrogen-bond donors (Lipinski definition) is 0. The second-order valence-corrected chi connectivity index (χ2v) is 9.88. The third kappa shape index (κ3) is 5.85. The number of fused-ring (bicyclic) bond motifs is 4. The first-order valence-electron chi connectivity index (χ1n) is 13.9. The number of benzene rings is 6. The van der Waals surface area contributed by atoms with Crippen LogP contribution >= 0.6 is 0 Å². The summed E-state index contributed by atoms with van der Waals surface area (Å²) < 4.78 is 0. The molecule has 4 heteroatoms. The van der Waals surface area contributed by atoms with Gasteiger partial charge >= 0.3 is 0 Å². The van der Waals surface area contributed by atoms with Gasteiger partial charge in [-0.1, -0.05) is 91.0 Å². The molecule has 207 valence electrons. The van der Waals surface area contributed by atoms with Gasteiger partial charge in [0.15, 0.2) is 0 Å². The van der Waals surface area contributed by atoms with Gasteiger partial charge in [0.2, 0.25) is 0 Å². The Morgan fingerprint density at radius 3 is 1.79 bits per heavy atom. The molecule has 0 aliphatic carbocycles. The Morgan fingerprint density at radius 2 is 1.07 bits per heavy atom. The molecule has 2 heterocycles. The van der Waals surface area contributed by atoms with Crippen LogP contribution in [0.2, 0.25) is 0 Å². The third-order valence-electron chi connectivity index (χ3n) is 7.23. The monoisotopic (exact) mass is 728 g/mol. The summed E-state index contributed by atoms with van der Waals surface area (Å²) in [6.07, 6.45) is 1.85. The van der Waals surface area contributed by atoms with Gasteiger partial charge in [0.25, 0.3) is 0 Å². The normalized spacial score (nSPS) is 10.6. The van der Waals surface area contributed by atoms with Crippen molar-refractivity contribution in [2.45, 2.75) is 0 Å². The molecule has 8 rings (SSSR count). The summed E-state index contributed by atoms with van der Waals surface area (Å²) in [5, 5.41) is 5.77. The summed E-state index contributed by atoms with van der Waals surface area (Å²) in [5.74, 6) is 0.702. The van der Waals surface area contributed by atoms with Crippen LogP contribution in [0.3, 0.4) is 0 Å². The molecule has 2 aromatic heterocycles. The Balaban J connectivity index is 0.000000167. The molecule has 0 saturated carbocycles. The summed E-state index contributed by atoms with van der Waals surface area (Å²) in [7, 11) is 0. The SMILES string of the molecule is [Ir].[c-]1ccccc1-c1nc(-c2ccccc2)c2ccc3ccccc3c2n1.[c-]1ccccc1-c1nccc2ccccc12.